The lowest BCUT2D eigenvalue weighted by molar-refractivity contribution is 0.673. The molecule has 0 atom stereocenters. The van der Waals surface area contributed by atoms with Crippen LogP contribution in [-0.2, 0) is 0 Å². The average molecular weight is 694 g/mol. The molecule has 3 heteroatoms. The van der Waals surface area contributed by atoms with E-state index in [1.165, 1.54) is 69.4 Å². The van der Waals surface area contributed by atoms with Gasteiger partial charge in [0.05, 0.1) is 0 Å². The number of thiophene rings is 1. The van der Waals surface area contributed by atoms with Crippen molar-refractivity contribution in [1.29, 1.82) is 0 Å². The van der Waals surface area contributed by atoms with E-state index in [1.54, 1.807) is 0 Å². The minimum Gasteiger partial charge on any atom is -0.455 e. The largest absolute Gasteiger partial charge is 0.455 e. The maximum absolute atomic E-state index is 6.58. The van der Waals surface area contributed by atoms with Crippen molar-refractivity contribution in [1.82, 2.24) is 0 Å². The van der Waals surface area contributed by atoms with Gasteiger partial charge in [0.25, 0.3) is 0 Å². The second-order valence-corrected chi connectivity index (χ2v) is 14.8. The Labute approximate surface area is 310 Å². The number of nitrogens with zero attached hydrogens (tertiary/aromatic N) is 1. The van der Waals surface area contributed by atoms with Crippen molar-refractivity contribution < 1.29 is 4.42 Å². The van der Waals surface area contributed by atoms with Gasteiger partial charge in [-0.1, -0.05) is 127 Å². The van der Waals surface area contributed by atoms with Crippen molar-refractivity contribution in [2.24, 2.45) is 0 Å². The molecule has 0 radical (unpaired) electrons. The molecule has 0 unspecified atom stereocenters. The lowest BCUT2D eigenvalue weighted by Gasteiger charge is -2.26. The van der Waals surface area contributed by atoms with E-state index in [0.29, 0.717) is 0 Å². The minimum absolute atomic E-state index is 0.929. The molecule has 0 amide bonds. The third kappa shape index (κ3) is 4.93. The van der Waals surface area contributed by atoms with E-state index in [1.807, 2.05) is 11.3 Å². The van der Waals surface area contributed by atoms with Crippen LogP contribution in [0.2, 0.25) is 0 Å². The first-order valence-electron chi connectivity index (χ1n) is 18.0. The second-order valence-electron chi connectivity index (χ2n) is 13.7. The fourth-order valence-corrected chi connectivity index (χ4v) is 9.21. The molecule has 0 saturated heterocycles. The fourth-order valence-electron chi connectivity index (χ4n) is 8.06. The monoisotopic (exact) mass is 693 g/mol. The van der Waals surface area contributed by atoms with Crippen LogP contribution >= 0.6 is 11.3 Å². The van der Waals surface area contributed by atoms with E-state index < -0.39 is 0 Å². The summed E-state index contributed by atoms with van der Waals surface area (Å²) < 4.78 is 9.09. The maximum atomic E-state index is 6.58. The molecule has 0 N–H and O–H groups in total. The Hall–Kier alpha value is -6.68. The first-order valence-corrected chi connectivity index (χ1v) is 18.8. The van der Waals surface area contributed by atoms with Gasteiger partial charge in [0.2, 0.25) is 0 Å². The first kappa shape index (κ1) is 30.0. The van der Waals surface area contributed by atoms with Crippen molar-refractivity contribution in [3.63, 3.8) is 0 Å². The zero-order valence-electron chi connectivity index (χ0n) is 28.7. The topological polar surface area (TPSA) is 16.4 Å². The van der Waals surface area contributed by atoms with Gasteiger partial charge in [-0.15, -0.1) is 11.3 Å². The van der Waals surface area contributed by atoms with E-state index >= 15 is 0 Å². The SMILES string of the molecule is c1ccc(-c2cccc(N(c3ccc(-c4ccc5ccccc5c4)cc3)c3ccc4c(c3)sc3ccc5oc6c7ccccc7ccc6c5c34)c2)cc1. The molecular weight excluding hydrogens is 663 g/mol. The van der Waals surface area contributed by atoms with Crippen LogP contribution < -0.4 is 4.90 Å². The van der Waals surface area contributed by atoms with Crippen molar-refractivity contribution in [2.45, 2.75) is 0 Å². The number of hydrogen-bond donors (Lipinski definition) is 0. The van der Waals surface area contributed by atoms with Crippen LogP contribution in [0.25, 0.3) is 85.9 Å². The number of benzene rings is 9. The van der Waals surface area contributed by atoms with Crippen molar-refractivity contribution in [2.75, 3.05) is 4.90 Å². The van der Waals surface area contributed by atoms with Crippen molar-refractivity contribution in [3.05, 3.63) is 188 Å². The third-order valence-electron chi connectivity index (χ3n) is 10.6. The summed E-state index contributed by atoms with van der Waals surface area (Å²) in [6.45, 7) is 0. The zero-order chi connectivity index (χ0) is 34.9. The van der Waals surface area contributed by atoms with Crippen molar-refractivity contribution >= 4 is 92.1 Å². The van der Waals surface area contributed by atoms with Crippen LogP contribution in [0.4, 0.5) is 17.1 Å². The molecule has 11 aromatic rings. The summed E-state index contributed by atoms with van der Waals surface area (Å²) in [6.07, 6.45) is 0. The van der Waals surface area contributed by atoms with Gasteiger partial charge in [0.1, 0.15) is 11.2 Å². The minimum atomic E-state index is 0.929. The van der Waals surface area contributed by atoms with Crippen LogP contribution in [0.3, 0.4) is 0 Å². The van der Waals surface area contributed by atoms with Gasteiger partial charge in [0.15, 0.2) is 0 Å². The smallest absolute Gasteiger partial charge is 0.143 e. The van der Waals surface area contributed by atoms with Crippen LogP contribution in [0, 0.1) is 0 Å². The van der Waals surface area contributed by atoms with Gasteiger partial charge in [0, 0.05) is 53.4 Å². The Morgan fingerprint density at radius 2 is 1.02 bits per heavy atom. The third-order valence-corrected chi connectivity index (χ3v) is 11.7. The normalized spacial score (nSPS) is 11.8. The average Bonchev–Trinajstić information content (AvgIpc) is 3.80. The van der Waals surface area contributed by atoms with Gasteiger partial charge in [-0.3, -0.25) is 0 Å². The summed E-state index contributed by atoms with van der Waals surface area (Å²) in [4.78, 5) is 2.38. The molecule has 2 aromatic heterocycles. The van der Waals surface area contributed by atoms with Crippen molar-refractivity contribution in [3.8, 4) is 22.3 Å². The van der Waals surface area contributed by atoms with Crippen LogP contribution in [0.1, 0.15) is 0 Å². The Kier molecular flexibility index (Phi) is 6.76. The quantitative estimate of drug-likeness (QED) is 0.178. The second kappa shape index (κ2) is 11.9. The zero-order valence-corrected chi connectivity index (χ0v) is 29.5. The van der Waals surface area contributed by atoms with Crippen LogP contribution in [0.5, 0.6) is 0 Å². The molecule has 2 nitrogen and oxygen atoms in total. The highest BCUT2D eigenvalue weighted by molar-refractivity contribution is 7.26. The Morgan fingerprint density at radius 1 is 0.358 bits per heavy atom. The molecule has 2 heterocycles. The van der Waals surface area contributed by atoms with Gasteiger partial charge in [-0.05, 0) is 99.1 Å². The molecule has 0 bridgehead atoms. The molecule has 0 aliphatic carbocycles. The molecule has 0 aliphatic rings. The number of rotatable bonds is 5. The molecular formula is C50H31NOS. The predicted octanol–water partition coefficient (Wildman–Crippen LogP) is 15.1. The maximum Gasteiger partial charge on any atom is 0.143 e. The molecule has 11 rings (SSSR count). The fraction of sp³-hybridized carbons (Fsp3) is 0. The summed E-state index contributed by atoms with van der Waals surface area (Å²) in [6, 6.07) is 68.0. The van der Waals surface area contributed by atoms with Crippen LogP contribution in [0.15, 0.2) is 192 Å². The van der Waals surface area contributed by atoms with E-state index in [4.69, 9.17) is 4.42 Å². The summed E-state index contributed by atoms with van der Waals surface area (Å²) in [5.74, 6) is 0. The molecule has 53 heavy (non-hydrogen) atoms. The number of anilines is 3. The van der Waals surface area contributed by atoms with E-state index in [9.17, 15) is 0 Å². The highest BCUT2D eigenvalue weighted by atomic mass is 32.1. The van der Waals surface area contributed by atoms with Gasteiger partial charge in [-0.25, -0.2) is 0 Å². The van der Waals surface area contributed by atoms with Gasteiger partial charge >= 0.3 is 0 Å². The Morgan fingerprint density at radius 3 is 1.91 bits per heavy atom. The van der Waals surface area contributed by atoms with E-state index in [0.717, 1.165) is 33.6 Å². The summed E-state index contributed by atoms with van der Waals surface area (Å²) in [5.41, 5.74) is 10.0. The molecule has 9 aromatic carbocycles. The summed E-state index contributed by atoms with van der Waals surface area (Å²) >= 11 is 1.85. The first-order chi connectivity index (χ1) is 26.2. The Bertz CT molecular complexity index is 3170. The molecule has 0 spiro atoms. The lowest BCUT2D eigenvalue weighted by Crippen LogP contribution is -2.09. The molecule has 0 saturated carbocycles. The predicted molar refractivity (Wildman–Crippen MR) is 227 cm³/mol. The highest BCUT2D eigenvalue weighted by Gasteiger charge is 2.19. The van der Waals surface area contributed by atoms with E-state index in [-0.39, 0.29) is 0 Å². The standard InChI is InChI=1S/C50H31NOS/c1-2-9-32(10-3-1)37-14-8-15-40(30-37)51(39-22-19-34(20-23-39)38-18-17-33-11-4-5-13-36(33)29-38)41-24-26-43-47(31-41)53-46-28-27-45-48(49(43)46)44-25-21-35-12-6-7-16-42(35)50(44)52-45/h1-31H. The van der Waals surface area contributed by atoms with E-state index in [2.05, 4.69) is 193 Å². The van der Waals surface area contributed by atoms with Gasteiger partial charge < -0.3 is 9.32 Å². The summed E-state index contributed by atoms with van der Waals surface area (Å²) in [5, 5.41) is 9.72. The number of hydrogen-bond acceptors (Lipinski definition) is 3. The summed E-state index contributed by atoms with van der Waals surface area (Å²) in [7, 11) is 0. The lowest BCUT2D eigenvalue weighted by atomic mass is 10.0. The molecule has 0 aliphatic heterocycles. The molecule has 0 fully saturated rings. The van der Waals surface area contributed by atoms with Crippen LogP contribution in [-0.4, -0.2) is 0 Å². The van der Waals surface area contributed by atoms with Gasteiger partial charge in [-0.2, -0.15) is 0 Å². The molecule has 248 valence electrons. The Balaban J connectivity index is 1.07. The highest BCUT2D eigenvalue weighted by Crippen LogP contribution is 2.46. The number of fused-ring (bicyclic) bond motifs is 10. The number of furan rings is 1.